The number of carbonyl (C=O) groups is 1. The normalized spacial score (nSPS) is 12.1. The van der Waals surface area contributed by atoms with Gasteiger partial charge in [-0.3, -0.25) is 4.79 Å². The molecular formula is C14H16N2O3S. The summed E-state index contributed by atoms with van der Waals surface area (Å²) < 4.78 is 10.2. The lowest BCUT2D eigenvalue weighted by atomic mass is 10.2. The van der Waals surface area contributed by atoms with Crippen molar-refractivity contribution in [3.05, 3.63) is 42.4 Å². The Morgan fingerprint density at radius 1 is 1.45 bits per heavy atom. The minimum Gasteiger partial charge on any atom is -0.468 e. The van der Waals surface area contributed by atoms with E-state index in [2.05, 4.69) is 9.72 Å². The Kier molecular flexibility index (Phi) is 5.20. The molecule has 6 heteroatoms. The lowest BCUT2D eigenvalue weighted by molar-refractivity contribution is -0.141. The largest absolute Gasteiger partial charge is 0.468 e. The van der Waals surface area contributed by atoms with Crippen LogP contribution in [0.25, 0.3) is 11.3 Å². The lowest BCUT2D eigenvalue weighted by Gasteiger charge is -2.07. The van der Waals surface area contributed by atoms with Gasteiger partial charge in [0, 0.05) is 11.3 Å². The van der Waals surface area contributed by atoms with Gasteiger partial charge in [-0.05, 0) is 0 Å². The van der Waals surface area contributed by atoms with Crippen LogP contribution in [0.1, 0.15) is 5.89 Å². The van der Waals surface area contributed by atoms with Crippen LogP contribution in [-0.2, 0) is 15.3 Å². The number of hydrogen-bond acceptors (Lipinski definition) is 6. The number of ether oxygens (including phenoxy) is 1. The number of benzene rings is 1. The fourth-order valence-corrected chi connectivity index (χ4v) is 2.42. The maximum atomic E-state index is 11.1. The third-order valence-electron chi connectivity index (χ3n) is 2.64. The zero-order valence-electron chi connectivity index (χ0n) is 11.1. The number of carbonyl (C=O) groups excluding carboxylic acids is 1. The van der Waals surface area contributed by atoms with Crippen molar-refractivity contribution in [2.75, 3.05) is 12.9 Å². The van der Waals surface area contributed by atoms with Crippen LogP contribution in [0.3, 0.4) is 0 Å². The number of methoxy groups -OCH3 is 1. The molecule has 0 saturated heterocycles. The average molecular weight is 292 g/mol. The van der Waals surface area contributed by atoms with Gasteiger partial charge in [0.1, 0.15) is 6.04 Å². The SMILES string of the molecule is COC(=O)C(N)CSCc1ncc(-c2ccccc2)o1. The summed E-state index contributed by atoms with van der Waals surface area (Å²) in [5.41, 5.74) is 6.63. The highest BCUT2D eigenvalue weighted by atomic mass is 32.2. The molecule has 0 aliphatic rings. The molecular weight excluding hydrogens is 276 g/mol. The van der Waals surface area contributed by atoms with Crippen molar-refractivity contribution >= 4 is 17.7 Å². The van der Waals surface area contributed by atoms with Gasteiger partial charge in [-0.1, -0.05) is 30.3 Å². The summed E-state index contributed by atoms with van der Waals surface area (Å²) in [6.45, 7) is 0. The molecule has 0 spiro atoms. The summed E-state index contributed by atoms with van der Waals surface area (Å²) >= 11 is 1.48. The molecule has 1 heterocycles. The molecule has 0 radical (unpaired) electrons. The van der Waals surface area contributed by atoms with Gasteiger partial charge in [0.25, 0.3) is 0 Å². The second-order valence-electron chi connectivity index (χ2n) is 4.13. The van der Waals surface area contributed by atoms with Crippen molar-refractivity contribution < 1.29 is 13.9 Å². The molecule has 20 heavy (non-hydrogen) atoms. The zero-order chi connectivity index (χ0) is 14.4. The number of hydrogen-bond donors (Lipinski definition) is 1. The molecule has 0 saturated carbocycles. The molecule has 2 aromatic rings. The highest BCUT2D eigenvalue weighted by molar-refractivity contribution is 7.98. The second-order valence-corrected chi connectivity index (χ2v) is 5.16. The van der Waals surface area contributed by atoms with Crippen LogP contribution in [0.4, 0.5) is 0 Å². The number of aromatic nitrogens is 1. The molecule has 0 fully saturated rings. The van der Waals surface area contributed by atoms with Gasteiger partial charge in [-0.25, -0.2) is 4.98 Å². The smallest absolute Gasteiger partial charge is 0.323 e. The molecule has 1 aromatic heterocycles. The monoisotopic (exact) mass is 292 g/mol. The summed E-state index contributed by atoms with van der Waals surface area (Å²) in [4.78, 5) is 15.4. The molecule has 106 valence electrons. The van der Waals surface area contributed by atoms with Gasteiger partial charge in [-0.15, -0.1) is 11.8 Å². The Balaban J connectivity index is 1.86. The minimum absolute atomic E-state index is 0.408. The fourth-order valence-electron chi connectivity index (χ4n) is 1.61. The molecule has 1 aromatic carbocycles. The second kappa shape index (κ2) is 7.12. The van der Waals surface area contributed by atoms with Crippen LogP contribution in [0.15, 0.2) is 40.9 Å². The van der Waals surface area contributed by atoms with E-state index in [1.807, 2.05) is 30.3 Å². The highest BCUT2D eigenvalue weighted by Gasteiger charge is 2.14. The standard InChI is InChI=1S/C14H16N2O3S/c1-18-14(17)11(15)8-20-9-13-16-7-12(19-13)10-5-3-2-4-6-10/h2-7,11H,8-9,15H2,1H3. The first kappa shape index (κ1) is 14.6. The third kappa shape index (κ3) is 3.85. The van der Waals surface area contributed by atoms with Gasteiger partial charge >= 0.3 is 5.97 Å². The number of nitrogens with zero attached hydrogens (tertiary/aromatic N) is 1. The summed E-state index contributed by atoms with van der Waals surface area (Å²) in [6.07, 6.45) is 1.70. The molecule has 0 bridgehead atoms. The van der Waals surface area contributed by atoms with Gasteiger partial charge in [-0.2, -0.15) is 0 Å². The maximum absolute atomic E-state index is 11.1. The molecule has 0 amide bonds. The molecule has 0 aliphatic heterocycles. The van der Waals surface area contributed by atoms with Crippen LogP contribution in [0.2, 0.25) is 0 Å². The maximum Gasteiger partial charge on any atom is 0.323 e. The van der Waals surface area contributed by atoms with E-state index in [4.69, 9.17) is 10.2 Å². The van der Waals surface area contributed by atoms with Crippen molar-refractivity contribution in [1.29, 1.82) is 0 Å². The predicted molar refractivity (Wildman–Crippen MR) is 78.1 cm³/mol. The summed E-state index contributed by atoms with van der Waals surface area (Å²) in [5.74, 6) is 1.98. The average Bonchev–Trinajstić information content (AvgIpc) is 2.96. The number of esters is 1. The summed E-state index contributed by atoms with van der Waals surface area (Å²) in [7, 11) is 1.33. The molecule has 0 aliphatic carbocycles. The van der Waals surface area contributed by atoms with E-state index in [1.165, 1.54) is 18.9 Å². The number of oxazole rings is 1. The Bertz CT molecular complexity index is 557. The number of nitrogens with two attached hydrogens (primary N) is 1. The fraction of sp³-hybridized carbons (Fsp3) is 0.286. The van der Waals surface area contributed by atoms with E-state index in [-0.39, 0.29) is 0 Å². The third-order valence-corrected chi connectivity index (χ3v) is 3.68. The van der Waals surface area contributed by atoms with E-state index < -0.39 is 12.0 Å². The quantitative estimate of drug-likeness (QED) is 0.821. The topological polar surface area (TPSA) is 78.4 Å². The van der Waals surface area contributed by atoms with Gasteiger partial charge in [0.15, 0.2) is 5.76 Å². The zero-order valence-corrected chi connectivity index (χ0v) is 11.9. The Labute approximate surface area is 121 Å². The van der Waals surface area contributed by atoms with Crippen LogP contribution >= 0.6 is 11.8 Å². The van der Waals surface area contributed by atoms with E-state index in [0.717, 1.165) is 11.3 Å². The number of thioether (sulfide) groups is 1. The van der Waals surface area contributed by atoms with Gasteiger partial charge in [0.2, 0.25) is 5.89 Å². The molecule has 2 N–H and O–H groups in total. The van der Waals surface area contributed by atoms with Crippen molar-refractivity contribution in [3.8, 4) is 11.3 Å². The molecule has 2 rings (SSSR count). The molecule has 1 unspecified atom stereocenters. The minimum atomic E-state index is -0.617. The van der Waals surface area contributed by atoms with Crippen LogP contribution in [-0.4, -0.2) is 29.9 Å². The van der Waals surface area contributed by atoms with Crippen molar-refractivity contribution in [1.82, 2.24) is 4.98 Å². The molecule has 1 atom stereocenters. The highest BCUT2D eigenvalue weighted by Crippen LogP contribution is 2.22. The molecule has 5 nitrogen and oxygen atoms in total. The van der Waals surface area contributed by atoms with Gasteiger partial charge < -0.3 is 14.9 Å². The first-order chi connectivity index (χ1) is 9.70. The Morgan fingerprint density at radius 3 is 2.90 bits per heavy atom. The van der Waals surface area contributed by atoms with Crippen LogP contribution in [0, 0.1) is 0 Å². The van der Waals surface area contributed by atoms with Gasteiger partial charge in [0.05, 0.1) is 19.1 Å². The van der Waals surface area contributed by atoms with E-state index in [0.29, 0.717) is 17.4 Å². The predicted octanol–water partition coefficient (Wildman–Crippen LogP) is 2.08. The van der Waals surface area contributed by atoms with E-state index in [1.54, 1.807) is 6.20 Å². The Hall–Kier alpha value is -1.79. The lowest BCUT2D eigenvalue weighted by Crippen LogP contribution is -2.33. The summed E-state index contributed by atoms with van der Waals surface area (Å²) in [5, 5.41) is 0. The first-order valence-corrected chi connectivity index (χ1v) is 7.27. The van der Waals surface area contributed by atoms with Crippen molar-refractivity contribution in [2.45, 2.75) is 11.8 Å². The first-order valence-electron chi connectivity index (χ1n) is 6.12. The number of rotatable bonds is 6. The van der Waals surface area contributed by atoms with Crippen LogP contribution in [0.5, 0.6) is 0 Å². The van der Waals surface area contributed by atoms with Crippen molar-refractivity contribution in [2.24, 2.45) is 5.73 Å². The van der Waals surface area contributed by atoms with Crippen molar-refractivity contribution in [3.63, 3.8) is 0 Å². The van der Waals surface area contributed by atoms with Crippen LogP contribution < -0.4 is 5.73 Å². The summed E-state index contributed by atoms with van der Waals surface area (Å²) in [6, 6.07) is 9.15. The van der Waals surface area contributed by atoms with E-state index >= 15 is 0 Å². The van der Waals surface area contributed by atoms with E-state index in [9.17, 15) is 4.79 Å². The Morgan fingerprint density at radius 2 is 2.20 bits per heavy atom.